The molecule has 1 aliphatic rings. The van der Waals surface area contributed by atoms with Gasteiger partial charge >= 0.3 is 6.03 Å². The lowest BCUT2D eigenvalue weighted by Crippen LogP contribution is -2.32. The molecule has 3 atom stereocenters. The van der Waals surface area contributed by atoms with Crippen LogP contribution in [-0.4, -0.2) is 23.0 Å². The second-order valence-electron chi connectivity index (χ2n) is 10.7. The topological polar surface area (TPSA) is 116 Å². The molecule has 0 radical (unpaired) electrons. The van der Waals surface area contributed by atoms with Crippen LogP contribution in [0.1, 0.15) is 35.5 Å². The van der Waals surface area contributed by atoms with E-state index in [0.29, 0.717) is 34.3 Å². The number of hydrogen-bond acceptors (Lipinski definition) is 7. The zero-order chi connectivity index (χ0) is 31.7. The van der Waals surface area contributed by atoms with Gasteiger partial charge in [-0.05, 0) is 65.7 Å². The van der Waals surface area contributed by atoms with Gasteiger partial charge in [-0.15, -0.1) is 0 Å². The van der Waals surface area contributed by atoms with E-state index < -0.39 is 12.3 Å². The highest BCUT2D eigenvalue weighted by Gasteiger charge is 2.33. The number of nitrogens with zero attached hydrogens (tertiary/aromatic N) is 1. The van der Waals surface area contributed by atoms with Crippen LogP contribution >= 0.6 is 11.8 Å². The van der Waals surface area contributed by atoms with E-state index in [2.05, 4.69) is 10.6 Å². The lowest BCUT2D eigenvalue weighted by molar-refractivity contribution is -0.645. The first-order chi connectivity index (χ1) is 22.5. The number of amides is 2. The summed E-state index contributed by atoms with van der Waals surface area (Å²) in [4.78, 5) is 12.9. The van der Waals surface area contributed by atoms with Gasteiger partial charge in [0.05, 0.1) is 18.8 Å². The molecule has 0 unspecified atom stereocenters. The molecule has 10 heteroatoms. The van der Waals surface area contributed by atoms with Crippen molar-refractivity contribution in [1.82, 2.24) is 0 Å². The first-order valence-corrected chi connectivity index (χ1v) is 15.8. The molecule has 0 bridgehead atoms. The largest absolute Gasteiger partial charge is 0.618 e. The number of ether oxygens (including phenoxy) is 3. The number of thioether (sulfide) groups is 1. The van der Waals surface area contributed by atoms with Gasteiger partial charge < -0.3 is 35.2 Å². The number of hydrogen-bond donors (Lipinski definition) is 3. The van der Waals surface area contributed by atoms with Gasteiger partial charge in [0.25, 0.3) is 5.03 Å². The zero-order valence-electron chi connectivity index (χ0n) is 24.8. The van der Waals surface area contributed by atoms with Gasteiger partial charge in [0.2, 0.25) is 0 Å². The average molecular weight is 636 g/mol. The van der Waals surface area contributed by atoms with Crippen LogP contribution in [0.15, 0.2) is 133 Å². The van der Waals surface area contributed by atoms with E-state index >= 15 is 0 Å². The number of anilines is 2. The predicted molar refractivity (Wildman–Crippen MR) is 177 cm³/mol. The second kappa shape index (κ2) is 14.9. The summed E-state index contributed by atoms with van der Waals surface area (Å²) < 4.78 is 19.5. The van der Waals surface area contributed by atoms with Crippen molar-refractivity contribution < 1.29 is 28.8 Å². The number of para-hydroxylation sites is 1. The molecule has 0 aliphatic carbocycles. The summed E-state index contributed by atoms with van der Waals surface area (Å²) in [6.45, 7) is -0.0373. The van der Waals surface area contributed by atoms with Crippen LogP contribution in [0, 0.1) is 5.21 Å². The fourth-order valence-electron chi connectivity index (χ4n) is 5.01. The smallest absolute Gasteiger partial charge is 0.323 e. The highest BCUT2D eigenvalue weighted by Crippen LogP contribution is 2.39. The Morgan fingerprint density at radius 3 is 2.33 bits per heavy atom. The molecule has 1 aliphatic heterocycles. The Balaban J connectivity index is 1.12. The Hall–Kier alpha value is -4.87. The standard InChI is InChI=1S/C36H33N3O6S/c40-23-25-12-14-26(15-13-25)33-22-32(24-46-34-11-4-5-20-39(34)42)44-35(45-33)27-7-6-8-29(21-27)38-36(41)37-28-16-18-31(19-17-28)43-30-9-2-1-3-10-30/h1-21,32-33,35,40H,22-24H2,(H2,37,38,41)/t32-,33+,35+/m0/s1. The quantitative estimate of drug-likeness (QED) is 0.0823. The number of aromatic nitrogens is 1. The SMILES string of the molecule is O=C(Nc1ccc(Oc2ccccc2)cc1)Nc1cccc([C@@H]2O[C@H](CSc3cccc[n+]3[O-])C[C@H](c3ccc(CO)cc3)O2)c1. The molecule has 234 valence electrons. The van der Waals surface area contributed by atoms with Gasteiger partial charge in [-0.3, -0.25) is 0 Å². The molecule has 1 fully saturated rings. The summed E-state index contributed by atoms with van der Waals surface area (Å²) in [7, 11) is 0. The van der Waals surface area contributed by atoms with Crippen molar-refractivity contribution in [2.75, 3.05) is 16.4 Å². The molecule has 6 rings (SSSR count). The average Bonchev–Trinajstić information content (AvgIpc) is 3.09. The van der Waals surface area contributed by atoms with Crippen molar-refractivity contribution in [2.24, 2.45) is 0 Å². The molecular formula is C36H33N3O6S. The first-order valence-electron chi connectivity index (χ1n) is 14.8. The number of carbonyl (C=O) groups is 1. The second-order valence-corrected chi connectivity index (χ2v) is 11.7. The van der Waals surface area contributed by atoms with E-state index in [4.69, 9.17) is 14.2 Å². The van der Waals surface area contributed by atoms with Crippen LogP contribution in [0.2, 0.25) is 0 Å². The maximum atomic E-state index is 12.9. The Labute approximate surface area is 271 Å². The number of aliphatic hydroxyl groups excluding tert-OH is 1. The minimum Gasteiger partial charge on any atom is -0.618 e. The number of benzene rings is 4. The van der Waals surface area contributed by atoms with Gasteiger partial charge in [-0.25, -0.2) is 4.79 Å². The summed E-state index contributed by atoms with van der Waals surface area (Å²) in [5.41, 5.74) is 3.71. The van der Waals surface area contributed by atoms with Crippen molar-refractivity contribution in [1.29, 1.82) is 0 Å². The predicted octanol–water partition coefficient (Wildman–Crippen LogP) is 7.59. The van der Waals surface area contributed by atoms with Crippen LogP contribution in [-0.2, 0) is 16.1 Å². The van der Waals surface area contributed by atoms with Gasteiger partial charge in [0.1, 0.15) is 11.5 Å². The van der Waals surface area contributed by atoms with E-state index in [1.165, 1.54) is 18.0 Å². The number of carbonyl (C=O) groups excluding carboxylic acids is 1. The summed E-state index contributed by atoms with van der Waals surface area (Å²) in [5.74, 6) is 1.94. The van der Waals surface area contributed by atoms with Crippen molar-refractivity contribution in [3.05, 3.63) is 149 Å². The lowest BCUT2D eigenvalue weighted by atomic mass is 10.0. The van der Waals surface area contributed by atoms with Crippen LogP contribution in [0.4, 0.5) is 16.2 Å². The van der Waals surface area contributed by atoms with Crippen LogP contribution in [0.25, 0.3) is 0 Å². The molecule has 0 saturated carbocycles. The Kier molecular flexibility index (Phi) is 10.1. The zero-order valence-corrected chi connectivity index (χ0v) is 25.6. The van der Waals surface area contributed by atoms with Gasteiger partial charge in [0, 0.05) is 41.2 Å². The van der Waals surface area contributed by atoms with E-state index in [1.807, 2.05) is 78.9 Å². The number of rotatable bonds is 10. The lowest BCUT2D eigenvalue weighted by Gasteiger charge is -2.36. The summed E-state index contributed by atoms with van der Waals surface area (Å²) in [6, 6.07) is 36.5. The highest BCUT2D eigenvalue weighted by molar-refractivity contribution is 7.99. The monoisotopic (exact) mass is 635 g/mol. The minimum atomic E-state index is -0.709. The van der Waals surface area contributed by atoms with Gasteiger partial charge in [0.15, 0.2) is 12.5 Å². The summed E-state index contributed by atoms with van der Waals surface area (Å²) in [6.07, 6.45) is 0.856. The summed E-state index contributed by atoms with van der Waals surface area (Å²) in [5, 5.41) is 28.0. The molecule has 2 amide bonds. The molecule has 3 N–H and O–H groups in total. The molecular weight excluding hydrogens is 602 g/mol. The number of nitrogens with one attached hydrogen (secondary N) is 2. The van der Waals surface area contributed by atoms with Crippen molar-refractivity contribution >= 4 is 29.2 Å². The Bertz CT molecular complexity index is 1740. The highest BCUT2D eigenvalue weighted by atomic mass is 32.2. The summed E-state index contributed by atoms with van der Waals surface area (Å²) >= 11 is 1.43. The normalized spacial score (nSPS) is 17.6. The Morgan fingerprint density at radius 1 is 0.826 bits per heavy atom. The molecule has 1 aromatic heterocycles. The minimum absolute atomic E-state index is 0.0373. The van der Waals surface area contributed by atoms with Crippen LogP contribution in [0.3, 0.4) is 0 Å². The molecule has 5 aromatic rings. The maximum Gasteiger partial charge on any atom is 0.323 e. The van der Waals surface area contributed by atoms with E-state index in [9.17, 15) is 15.1 Å². The van der Waals surface area contributed by atoms with E-state index in [1.54, 1.807) is 42.5 Å². The number of urea groups is 1. The third kappa shape index (κ3) is 8.23. The molecule has 9 nitrogen and oxygen atoms in total. The van der Waals surface area contributed by atoms with E-state index in [-0.39, 0.29) is 18.8 Å². The molecule has 46 heavy (non-hydrogen) atoms. The molecule has 2 heterocycles. The number of aliphatic hydroxyl groups is 1. The fourth-order valence-corrected chi connectivity index (χ4v) is 5.95. The molecule has 1 saturated heterocycles. The number of pyridine rings is 1. The fraction of sp³-hybridized carbons (Fsp3) is 0.167. The molecule has 4 aromatic carbocycles. The van der Waals surface area contributed by atoms with Crippen molar-refractivity contribution in [2.45, 2.75) is 36.6 Å². The first kappa shape index (κ1) is 31.1. The van der Waals surface area contributed by atoms with E-state index in [0.717, 1.165) is 27.2 Å². The van der Waals surface area contributed by atoms with Crippen molar-refractivity contribution in [3.63, 3.8) is 0 Å². The Morgan fingerprint density at radius 2 is 1.57 bits per heavy atom. The van der Waals surface area contributed by atoms with Gasteiger partial charge in [-0.2, -0.15) is 4.73 Å². The third-order valence-corrected chi connectivity index (χ3v) is 8.48. The van der Waals surface area contributed by atoms with Gasteiger partial charge in [-0.1, -0.05) is 66.4 Å². The van der Waals surface area contributed by atoms with Crippen molar-refractivity contribution in [3.8, 4) is 11.5 Å². The van der Waals surface area contributed by atoms with Crippen LogP contribution < -0.4 is 20.1 Å². The van der Waals surface area contributed by atoms with Crippen LogP contribution in [0.5, 0.6) is 11.5 Å². The maximum absolute atomic E-state index is 12.9. The third-order valence-electron chi connectivity index (χ3n) is 7.33. The molecule has 0 spiro atoms.